The van der Waals surface area contributed by atoms with Crippen LogP contribution in [0.25, 0.3) is 11.3 Å². The molecule has 0 atom stereocenters. The number of benzene rings is 1. The van der Waals surface area contributed by atoms with Gasteiger partial charge in [-0.15, -0.1) is 0 Å². The van der Waals surface area contributed by atoms with Crippen molar-refractivity contribution in [2.75, 3.05) is 33.2 Å². The fourth-order valence-corrected chi connectivity index (χ4v) is 3.89. The number of nitrogens with zero attached hydrogens (tertiary/aromatic N) is 3. The monoisotopic (exact) mass is 306 g/mol. The van der Waals surface area contributed by atoms with Gasteiger partial charge in [-0.1, -0.05) is 12.1 Å². The first kappa shape index (κ1) is 14.2. The van der Waals surface area contributed by atoms with Gasteiger partial charge in [0.15, 0.2) is 0 Å². The van der Waals surface area contributed by atoms with Gasteiger partial charge in [0.1, 0.15) is 0 Å². The summed E-state index contributed by atoms with van der Waals surface area (Å²) in [5.74, 6) is 0. The Labute approximate surface area is 124 Å². The summed E-state index contributed by atoms with van der Waals surface area (Å²) in [6, 6.07) is 8.80. The van der Waals surface area contributed by atoms with Gasteiger partial charge in [0, 0.05) is 37.9 Å². The zero-order chi connectivity index (χ0) is 14.9. The number of aromatic nitrogens is 2. The Morgan fingerprint density at radius 3 is 2.57 bits per heavy atom. The number of hydrogen-bond donors (Lipinski definition) is 1. The Balaban J connectivity index is 1.91. The Kier molecular flexibility index (Phi) is 3.79. The molecule has 7 heteroatoms. The second kappa shape index (κ2) is 5.59. The summed E-state index contributed by atoms with van der Waals surface area (Å²) in [5, 5.41) is 6.75. The SMILES string of the molecule is CN1CCN(S(=O)(=O)c2cccc(-c3ccn[nH]3)c2)CC1. The molecule has 1 aromatic heterocycles. The van der Waals surface area contributed by atoms with Crippen molar-refractivity contribution in [3.05, 3.63) is 36.5 Å². The summed E-state index contributed by atoms with van der Waals surface area (Å²) in [6.45, 7) is 2.60. The van der Waals surface area contributed by atoms with Gasteiger partial charge in [-0.2, -0.15) is 9.40 Å². The van der Waals surface area contributed by atoms with Crippen LogP contribution >= 0.6 is 0 Å². The molecular formula is C14H18N4O2S. The quantitative estimate of drug-likeness (QED) is 0.919. The maximum Gasteiger partial charge on any atom is 0.243 e. The van der Waals surface area contributed by atoms with Crippen molar-refractivity contribution in [1.82, 2.24) is 19.4 Å². The van der Waals surface area contributed by atoms with E-state index in [-0.39, 0.29) is 0 Å². The lowest BCUT2D eigenvalue weighted by Gasteiger charge is -2.31. The van der Waals surface area contributed by atoms with E-state index in [0.717, 1.165) is 24.3 Å². The van der Waals surface area contributed by atoms with E-state index in [4.69, 9.17) is 0 Å². The molecule has 1 saturated heterocycles. The molecule has 112 valence electrons. The van der Waals surface area contributed by atoms with Crippen molar-refractivity contribution in [3.63, 3.8) is 0 Å². The number of sulfonamides is 1. The van der Waals surface area contributed by atoms with Crippen LogP contribution in [0.15, 0.2) is 41.4 Å². The molecule has 2 heterocycles. The van der Waals surface area contributed by atoms with Crippen LogP contribution in [-0.4, -0.2) is 61.0 Å². The first-order valence-electron chi connectivity index (χ1n) is 6.86. The highest BCUT2D eigenvalue weighted by molar-refractivity contribution is 7.89. The van der Waals surface area contributed by atoms with Crippen molar-refractivity contribution >= 4 is 10.0 Å². The third kappa shape index (κ3) is 2.85. The predicted octanol–water partition coefficient (Wildman–Crippen LogP) is 1.01. The highest BCUT2D eigenvalue weighted by atomic mass is 32.2. The smallest absolute Gasteiger partial charge is 0.243 e. The van der Waals surface area contributed by atoms with E-state index in [1.54, 1.807) is 28.7 Å². The lowest BCUT2D eigenvalue weighted by atomic mass is 10.2. The molecule has 6 nitrogen and oxygen atoms in total. The molecule has 1 aliphatic heterocycles. The van der Waals surface area contributed by atoms with E-state index in [1.807, 2.05) is 19.2 Å². The van der Waals surface area contributed by atoms with Crippen LogP contribution in [0, 0.1) is 0 Å². The average Bonchev–Trinajstić information content (AvgIpc) is 3.02. The van der Waals surface area contributed by atoms with Gasteiger partial charge in [0.2, 0.25) is 10.0 Å². The van der Waals surface area contributed by atoms with Crippen molar-refractivity contribution in [3.8, 4) is 11.3 Å². The number of rotatable bonds is 3. The zero-order valence-corrected chi connectivity index (χ0v) is 12.7. The number of likely N-dealkylation sites (N-methyl/N-ethyl adjacent to an activating group) is 1. The molecule has 0 saturated carbocycles. The molecular weight excluding hydrogens is 288 g/mol. The molecule has 1 aliphatic rings. The van der Waals surface area contributed by atoms with E-state index >= 15 is 0 Å². The molecule has 2 aromatic rings. The van der Waals surface area contributed by atoms with E-state index in [9.17, 15) is 8.42 Å². The van der Waals surface area contributed by atoms with Gasteiger partial charge in [0.05, 0.1) is 10.6 Å². The van der Waals surface area contributed by atoms with Crippen LogP contribution in [0.5, 0.6) is 0 Å². The Bertz CT molecular complexity index is 704. The summed E-state index contributed by atoms with van der Waals surface area (Å²) in [4.78, 5) is 2.46. The maximum absolute atomic E-state index is 12.7. The zero-order valence-electron chi connectivity index (χ0n) is 11.9. The summed E-state index contributed by atoms with van der Waals surface area (Å²) in [5.41, 5.74) is 1.63. The first-order chi connectivity index (χ1) is 10.1. The van der Waals surface area contributed by atoms with E-state index in [2.05, 4.69) is 15.1 Å². The third-order valence-electron chi connectivity index (χ3n) is 3.75. The molecule has 1 aromatic carbocycles. The van der Waals surface area contributed by atoms with Gasteiger partial charge in [0.25, 0.3) is 0 Å². The van der Waals surface area contributed by atoms with Crippen LogP contribution in [0.4, 0.5) is 0 Å². The molecule has 1 N–H and O–H groups in total. The first-order valence-corrected chi connectivity index (χ1v) is 8.30. The number of H-pyrrole nitrogens is 1. The summed E-state index contributed by atoms with van der Waals surface area (Å²) < 4.78 is 26.9. The number of piperazine rings is 1. The molecule has 0 unspecified atom stereocenters. The summed E-state index contributed by atoms with van der Waals surface area (Å²) >= 11 is 0. The molecule has 0 radical (unpaired) electrons. The van der Waals surface area contributed by atoms with E-state index in [1.165, 1.54) is 0 Å². The van der Waals surface area contributed by atoms with E-state index in [0.29, 0.717) is 18.0 Å². The Hall–Kier alpha value is -1.70. The minimum absolute atomic E-state index is 0.333. The molecule has 1 fully saturated rings. The normalized spacial score (nSPS) is 18.0. The summed E-state index contributed by atoms with van der Waals surface area (Å²) in [6.07, 6.45) is 1.65. The third-order valence-corrected chi connectivity index (χ3v) is 5.64. The molecule has 21 heavy (non-hydrogen) atoms. The van der Waals surface area contributed by atoms with Gasteiger partial charge >= 0.3 is 0 Å². The standard InChI is InChI=1S/C14H18N4O2S/c1-17-7-9-18(10-8-17)21(19,20)13-4-2-3-12(11-13)14-5-6-15-16-14/h2-6,11H,7-10H2,1H3,(H,15,16). The van der Waals surface area contributed by atoms with Gasteiger partial charge < -0.3 is 4.90 Å². The minimum Gasteiger partial charge on any atom is -0.304 e. The van der Waals surface area contributed by atoms with Crippen molar-refractivity contribution < 1.29 is 8.42 Å². The van der Waals surface area contributed by atoms with Crippen molar-refractivity contribution in [1.29, 1.82) is 0 Å². The Morgan fingerprint density at radius 1 is 1.14 bits per heavy atom. The van der Waals surface area contributed by atoms with Crippen molar-refractivity contribution in [2.45, 2.75) is 4.90 Å². The maximum atomic E-state index is 12.7. The van der Waals surface area contributed by atoms with Crippen LogP contribution in [0.1, 0.15) is 0 Å². The average molecular weight is 306 g/mol. The van der Waals surface area contributed by atoms with Crippen LogP contribution in [-0.2, 0) is 10.0 Å². The highest BCUT2D eigenvalue weighted by Gasteiger charge is 2.27. The second-order valence-electron chi connectivity index (χ2n) is 5.21. The van der Waals surface area contributed by atoms with Crippen molar-refractivity contribution in [2.24, 2.45) is 0 Å². The largest absolute Gasteiger partial charge is 0.304 e. The predicted molar refractivity (Wildman–Crippen MR) is 80.3 cm³/mol. The van der Waals surface area contributed by atoms with Gasteiger partial charge in [-0.05, 0) is 25.2 Å². The molecule has 0 aliphatic carbocycles. The molecule has 0 amide bonds. The fraction of sp³-hybridized carbons (Fsp3) is 0.357. The Morgan fingerprint density at radius 2 is 1.90 bits per heavy atom. The second-order valence-corrected chi connectivity index (χ2v) is 7.14. The molecule has 0 bridgehead atoms. The van der Waals surface area contributed by atoms with Crippen LogP contribution in [0.2, 0.25) is 0 Å². The number of nitrogens with one attached hydrogen (secondary N) is 1. The number of hydrogen-bond acceptors (Lipinski definition) is 4. The topological polar surface area (TPSA) is 69.3 Å². The van der Waals surface area contributed by atoms with Gasteiger partial charge in [-0.25, -0.2) is 8.42 Å². The van der Waals surface area contributed by atoms with Crippen LogP contribution in [0.3, 0.4) is 0 Å². The van der Waals surface area contributed by atoms with Gasteiger partial charge in [-0.3, -0.25) is 5.10 Å². The summed E-state index contributed by atoms with van der Waals surface area (Å²) in [7, 11) is -1.42. The molecule has 0 spiro atoms. The van der Waals surface area contributed by atoms with E-state index < -0.39 is 10.0 Å². The van der Waals surface area contributed by atoms with Crippen LogP contribution < -0.4 is 0 Å². The fourth-order valence-electron chi connectivity index (χ4n) is 2.42. The highest BCUT2D eigenvalue weighted by Crippen LogP contribution is 2.23. The number of aromatic amines is 1. The molecule has 3 rings (SSSR count). The lowest BCUT2D eigenvalue weighted by molar-refractivity contribution is 0.222. The lowest BCUT2D eigenvalue weighted by Crippen LogP contribution is -2.47. The minimum atomic E-state index is -3.43.